The number of aryl methyl sites for hydroxylation is 2. The molecule has 0 spiro atoms. The van der Waals surface area contributed by atoms with Gasteiger partial charge in [-0.3, -0.25) is 0 Å². The zero-order valence-corrected chi connectivity index (χ0v) is 18.2. The van der Waals surface area contributed by atoms with Gasteiger partial charge in [0, 0.05) is 12.7 Å². The van der Waals surface area contributed by atoms with Crippen molar-refractivity contribution in [2.24, 2.45) is 7.05 Å². The van der Waals surface area contributed by atoms with E-state index in [0.717, 1.165) is 5.82 Å². The molecule has 0 saturated carbocycles. The fourth-order valence-electron chi connectivity index (χ4n) is 3.66. The highest BCUT2D eigenvalue weighted by Gasteiger charge is 2.07. The van der Waals surface area contributed by atoms with E-state index in [4.69, 9.17) is 0 Å². The standard InChI is InChI=1S/C22H42N2.ClH/c1-5-6-7-8-9-10-11-12-13-14-15-16-17-18-19-22-20(2)23-21(3)24(22)4;/h5-19H2,1-4H3;1H. The highest BCUT2D eigenvalue weighted by molar-refractivity contribution is 5.85. The van der Waals surface area contributed by atoms with E-state index >= 15 is 0 Å². The van der Waals surface area contributed by atoms with Gasteiger partial charge in [-0.05, 0) is 26.7 Å². The third kappa shape index (κ3) is 10.9. The number of aromatic nitrogens is 2. The summed E-state index contributed by atoms with van der Waals surface area (Å²) in [5, 5.41) is 0. The predicted octanol–water partition coefficient (Wildman–Crippen LogP) is 7.48. The van der Waals surface area contributed by atoms with Crippen LogP contribution in [0.3, 0.4) is 0 Å². The molecule has 1 rings (SSSR count). The predicted molar refractivity (Wildman–Crippen MR) is 114 cm³/mol. The molecule has 3 heteroatoms. The quantitative estimate of drug-likeness (QED) is 0.292. The molecule has 0 aliphatic carbocycles. The van der Waals surface area contributed by atoms with Crippen molar-refractivity contribution in [3.8, 4) is 0 Å². The monoisotopic (exact) mass is 370 g/mol. The second-order valence-corrected chi connectivity index (χ2v) is 7.60. The number of hydrogen-bond donors (Lipinski definition) is 0. The van der Waals surface area contributed by atoms with E-state index in [-0.39, 0.29) is 12.4 Å². The molecule has 1 heterocycles. The summed E-state index contributed by atoms with van der Waals surface area (Å²) in [5.41, 5.74) is 2.66. The second kappa shape index (κ2) is 15.7. The van der Waals surface area contributed by atoms with Crippen LogP contribution in [0.2, 0.25) is 0 Å². The maximum Gasteiger partial charge on any atom is 0.105 e. The van der Waals surface area contributed by atoms with Crippen LogP contribution in [-0.4, -0.2) is 9.55 Å². The van der Waals surface area contributed by atoms with E-state index in [2.05, 4.69) is 37.4 Å². The van der Waals surface area contributed by atoms with Gasteiger partial charge in [-0.25, -0.2) is 4.98 Å². The number of halogens is 1. The van der Waals surface area contributed by atoms with Gasteiger partial charge in [0.1, 0.15) is 5.82 Å². The molecule has 25 heavy (non-hydrogen) atoms. The summed E-state index contributed by atoms with van der Waals surface area (Å²) in [5.74, 6) is 1.15. The highest BCUT2D eigenvalue weighted by Crippen LogP contribution is 2.15. The minimum atomic E-state index is 0. The first-order valence-corrected chi connectivity index (χ1v) is 10.7. The molecule has 0 N–H and O–H groups in total. The molecule has 148 valence electrons. The summed E-state index contributed by atoms with van der Waals surface area (Å²) in [7, 11) is 2.15. The maximum absolute atomic E-state index is 4.56. The molecule has 0 bridgehead atoms. The van der Waals surface area contributed by atoms with E-state index in [0.29, 0.717) is 0 Å². The Bertz CT molecular complexity index is 426. The van der Waals surface area contributed by atoms with Crippen molar-refractivity contribution < 1.29 is 0 Å². The van der Waals surface area contributed by atoms with Gasteiger partial charge in [-0.2, -0.15) is 0 Å². The van der Waals surface area contributed by atoms with Gasteiger partial charge in [0.2, 0.25) is 0 Å². The molecule has 1 aromatic heterocycles. The Morgan fingerprint density at radius 2 is 1.08 bits per heavy atom. The summed E-state index contributed by atoms with van der Waals surface area (Å²) >= 11 is 0. The van der Waals surface area contributed by atoms with Gasteiger partial charge in [0.15, 0.2) is 0 Å². The SMILES string of the molecule is CCCCCCCCCCCCCCCCc1c(C)nc(C)n1C.Cl. The topological polar surface area (TPSA) is 17.8 Å². The first-order chi connectivity index (χ1) is 11.7. The van der Waals surface area contributed by atoms with Crippen LogP contribution < -0.4 is 0 Å². The lowest BCUT2D eigenvalue weighted by molar-refractivity contribution is 0.534. The van der Waals surface area contributed by atoms with Crippen molar-refractivity contribution in [2.45, 2.75) is 117 Å². The minimum absolute atomic E-state index is 0. The lowest BCUT2D eigenvalue weighted by Gasteiger charge is -2.05. The van der Waals surface area contributed by atoms with Crippen LogP contribution in [0, 0.1) is 13.8 Å². The lowest BCUT2D eigenvalue weighted by Crippen LogP contribution is -1.99. The van der Waals surface area contributed by atoms with Crippen LogP contribution in [0.25, 0.3) is 0 Å². The fourth-order valence-corrected chi connectivity index (χ4v) is 3.66. The van der Waals surface area contributed by atoms with Crippen LogP contribution in [0.5, 0.6) is 0 Å². The van der Waals surface area contributed by atoms with Crippen molar-refractivity contribution in [1.29, 1.82) is 0 Å². The average Bonchev–Trinajstić information content (AvgIpc) is 2.81. The maximum atomic E-state index is 4.56. The Kier molecular flexibility index (Phi) is 15.4. The Labute approximate surface area is 163 Å². The van der Waals surface area contributed by atoms with Gasteiger partial charge in [0.05, 0.1) is 5.69 Å². The van der Waals surface area contributed by atoms with Crippen molar-refractivity contribution in [3.63, 3.8) is 0 Å². The van der Waals surface area contributed by atoms with Crippen LogP contribution in [0.1, 0.15) is 114 Å². The molecule has 0 radical (unpaired) electrons. The third-order valence-corrected chi connectivity index (χ3v) is 5.40. The fraction of sp³-hybridized carbons (Fsp3) is 0.864. The minimum Gasteiger partial charge on any atom is -0.335 e. The molecule has 0 amide bonds. The normalized spacial score (nSPS) is 10.9. The Morgan fingerprint density at radius 1 is 0.680 bits per heavy atom. The zero-order valence-electron chi connectivity index (χ0n) is 17.4. The summed E-state index contributed by atoms with van der Waals surface area (Å²) in [6, 6.07) is 0. The Hall–Kier alpha value is -0.500. The largest absolute Gasteiger partial charge is 0.335 e. The molecule has 0 unspecified atom stereocenters. The van der Waals surface area contributed by atoms with Crippen LogP contribution >= 0.6 is 12.4 Å². The van der Waals surface area contributed by atoms with E-state index < -0.39 is 0 Å². The molecule has 0 aliphatic heterocycles. The molecular formula is C22H43ClN2. The second-order valence-electron chi connectivity index (χ2n) is 7.60. The van der Waals surface area contributed by atoms with Gasteiger partial charge < -0.3 is 4.57 Å². The summed E-state index contributed by atoms with van der Waals surface area (Å²) in [6.45, 7) is 6.54. The zero-order chi connectivity index (χ0) is 17.6. The third-order valence-electron chi connectivity index (χ3n) is 5.40. The first kappa shape index (κ1) is 24.5. The van der Waals surface area contributed by atoms with Gasteiger partial charge in [0.25, 0.3) is 0 Å². The molecule has 0 aliphatic rings. The molecule has 2 nitrogen and oxygen atoms in total. The van der Waals surface area contributed by atoms with E-state index in [1.807, 2.05) is 0 Å². The van der Waals surface area contributed by atoms with Gasteiger partial charge in [-0.15, -0.1) is 12.4 Å². The number of unbranched alkanes of at least 4 members (excludes halogenated alkanes) is 13. The van der Waals surface area contributed by atoms with E-state index in [1.165, 1.54) is 108 Å². The van der Waals surface area contributed by atoms with Crippen molar-refractivity contribution in [1.82, 2.24) is 9.55 Å². The molecular weight excluding hydrogens is 328 g/mol. The number of nitrogens with zero attached hydrogens (tertiary/aromatic N) is 2. The summed E-state index contributed by atoms with van der Waals surface area (Å²) < 4.78 is 2.26. The lowest BCUT2D eigenvalue weighted by atomic mass is 10.0. The molecule has 0 atom stereocenters. The van der Waals surface area contributed by atoms with E-state index in [9.17, 15) is 0 Å². The number of hydrogen-bond acceptors (Lipinski definition) is 1. The number of rotatable bonds is 15. The van der Waals surface area contributed by atoms with Gasteiger partial charge in [-0.1, -0.05) is 90.4 Å². The van der Waals surface area contributed by atoms with Crippen LogP contribution in [0.15, 0.2) is 0 Å². The summed E-state index contributed by atoms with van der Waals surface area (Å²) in [6.07, 6.45) is 21.2. The molecule has 0 saturated heterocycles. The molecule has 0 aromatic carbocycles. The van der Waals surface area contributed by atoms with Crippen molar-refractivity contribution in [3.05, 3.63) is 17.2 Å². The van der Waals surface area contributed by atoms with Crippen LogP contribution in [-0.2, 0) is 13.5 Å². The molecule has 0 fully saturated rings. The smallest absolute Gasteiger partial charge is 0.105 e. The van der Waals surface area contributed by atoms with E-state index in [1.54, 1.807) is 0 Å². The first-order valence-electron chi connectivity index (χ1n) is 10.7. The summed E-state index contributed by atoms with van der Waals surface area (Å²) in [4.78, 5) is 4.56. The number of imidazole rings is 1. The Morgan fingerprint density at radius 3 is 1.44 bits per heavy atom. The van der Waals surface area contributed by atoms with Crippen molar-refractivity contribution in [2.75, 3.05) is 0 Å². The van der Waals surface area contributed by atoms with Gasteiger partial charge >= 0.3 is 0 Å². The van der Waals surface area contributed by atoms with Crippen LogP contribution in [0.4, 0.5) is 0 Å². The van der Waals surface area contributed by atoms with Crippen molar-refractivity contribution >= 4 is 12.4 Å². The molecule has 1 aromatic rings. The average molecular weight is 371 g/mol. The Balaban J connectivity index is 0.00000576. The highest BCUT2D eigenvalue weighted by atomic mass is 35.5.